The van der Waals surface area contributed by atoms with Crippen molar-refractivity contribution < 1.29 is 58.2 Å². The van der Waals surface area contributed by atoms with Crippen LogP contribution in [0.15, 0.2) is 24.3 Å². The quantitative estimate of drug-likeness (QED) is 0.0228. The number of unbranched alkanes of at least 4 members (excludes halogenated alkanes) is 36. The molecule has 1 aliphatic rings. The number of hydrogen-bond donors (Lipinski definition) is 3. The summed E-state index contributed by atoms with van der Waals surface area (Å²) in [6.45, 7) is 5.98. The monoisotopic (exact) mass is 1060 g/mol. The molecule has 0 aromatic carbocycles. The van der Waals surface area contributed by atoms with Crippen LogP contribution in [0.5, 0.6) is 0 Å². The van der Waals surface area contributed by atoms with Crippen LogP contribution in [-0.2, 0) is 42.9 Å². The van der Waals surface area contributed by atoms with Crippen molar-refractivity contribution in [1.82, 2.24) is 0 Å². The second-order valence-electron chi connectivity index (χ2n) is 21.7. The zero-order valence-electron chi connectivity index (χ0n) is 48.3. The van der Waals surface area contributed by atoms with Gasteiger partial charge in [0.15, 0.2) is 24.6 Å². The predicted octanol–water partition coefficient (Wildman–Crippen LogP) is 16.2. The third kappa shape index (κ3) is 41.9. The number of carbonyl (C=O) groups excluding carboxylic acids is 3. The van der Waals surface area contributed by atoms with Crippen LogP contribution in [0, 0.1) is 0 Å². The Hall–Kier alpha value is -2.80. The lowest BCUT2D eigenvalue weighted by Crippen LogP contribution is -2.61. The van der Waals surface area contributed by atoms with Crippen molar-refractivity contribution in [2.24, 2.45) is 0 Å². The van der Waals surface area contributed by atoms with Crippen LogP contribution in [-0.4, -0.2) is 89.2 Å². The van der Waals surface area contributed by atoms with E-state index in [1.807, 2.05) is 0 Å². The average molecular weight is 1060 g/mol. The highest BCUT2D eigenvalue weighted by atomic mass is 16.7. The largest absolute Gasteiger partial charge is 0.479 e. The molecular weight excluding hydrogens is 949 g/mol. The van der Waals surface area contributed by atoms with Crippen molar-refractivity contribution >= 4 is 23.9 Å². The van der Waals surface area contributed by atoms with E-state index in [0.29, 0.717) is 19.3 Å². The molecule has 0 aromatic rings. The Labute approximate surface area is 458 Å². The van der Waals surface area contributed by atoms with E-state index < -0.39 is 67.3 Å². The van der Waals surface area contributed by atoms with E-state index in [4.69, 9.17) is 23.7 Å². The number of hydrogen-bond acceptors (Lipinski definition) is 11. The third-order valence-electron chi connectivity index (χ3n) is 14.5. The molecule has 438 valence electrons. The van der Waals surface area contributed by atoms with Crippen LogP contribution in [0.4, 0.5) is 0 Å². The number of carbonyl (C=O) groups is 4. The summed E-state index contributed by atoms with van der Waals surface area (Å²) in [6.07, 6.45) is 47.2. The number of rotatable bonds is 54. The molecule has 0 spiro atoms. The predicted molar refractivity (Wildman–Crippen MR) is 303 cm³/mol. The van der Waals surface area contributed by atoms with Gasteiger partial charge in [0.25, 0.3) is 0 Å². The molecule has 0 bridgehead atoms. The maximum absolute atomic E-state index is 13.2. The maximum Gasteiger partial charge on any atom is 0.335 e. The normalized spacial score (nSPS) is 18.2. The number of carboxylic acids is 1. The van der Waals surface area contributed by atoms with E-state index in [9.17, 15) is 34.5 Å². The number of allylic oxidation sites excluding steroid dienone is 4. The Morgan fingerprint density at radius 1 is 0.427 bits per heavy atom. The summed E-state index contributed by atoms with van der Waals surface area (Å²) in [5.74, 6) is -3.10. The maximum atomic E-state index is 13.2. The van der Waals surface area contributed by atoms with E-state index in [0.717, 1.165) is 77.0 Å². The average Bonchev–Trinajstić information content (AvgIpc) is 3.39. The fourth-order valence-electron chi connectivity index (χ4n) is 9.64. The summed E-state index contributed by atoms with van der Waals surface area (Å²) >= 11 is 0. The standard InChI is InChI=1S/C63H114O12/c1-4-7-10-13-16-19-22-24-26-27-28-29-31-32-35-37-40-43-46-49-55(64)71-52-54(73-56(65)50-47-44-41-39-36-33-30-25-23-20-17-14-11-8-5-2)53-72-63-61(59(68)58(67)60(75-63)62(69)70)74-57(66)51-48-45-42-38-34-21-18-15-12-9-6-3/h15,18,24,26,54,58-61,63,67-68H,4-14,16-17,19-23,25,27-53H2,1-3H3,(H,69,70)/b18-15-,26-24-. The van der Waals surface area contributed by atoms with Crippen LogP contribution in [0.25, 0.3) is 0 Å². The molecule has 1 heterocycles. The fourth-order valence-corrected chi connectivity index (χ4v) is 9.64. The van der Waals surface area contributed by atoms with Crippen molar-refractivity contribution in [2.75, 3.05) is 13.2 Å². The van der Waals surface area contributed by atoms with Crippen molar-refractivity contribution in [3.05, 3.63) is 24.3 Å². The Morgan fingerprint density at radius 3 is 1.17 bits per heavy atom. The zero-order chi connectivity index (χ0) is 54.7. The van der Waals surface area contributed by atoms with E-state index in [1.165, 1.54) is 167 Å². The van der Waals surface area contributed by atoms with Gasteiger partial charge in [-0.2, -0.15) is 0 Å². The lowest BCUT2D eigenvalue weighted by molar-refractivity contribution is -0.301. The van der Waals surface area contributed by atoms with E-state index in [-0.39, 0.29) is 25.9 Å². The van der Waals surface area contributed by atoms with Crippen LogP contribution < -0.4 is 0 Å². The van der Waals surface area contributed by atoms with Crippen molar-refractivity contribution in [1.29, 1.82) is 0 Å². The molecule has 12 nitrogen and oxygen atoms in total. The molecule has 12 heteroatoms. The molecule has 0 saturated carbocycles. The molecule has 3 N–H and O–H groups in total. The van der Waals surface area contributed by atoms with E-state index >= 15 is 0 Å². The first-order chi connectivity index (χ1) is 36.6. The highest BCUT2D eigenvalue weighted by Gasteiger charge is 2.50. The van der Waals surface area contributed by atoms with Crippen LogP contribution in [0.2, 0.25) is 0 Å². The molecule has 75 heavy (non-hydrogen) atoms. The lowest BCUT2D eigenvalue weighted by atomic mass is 9.98. The minimum atomic E-state index is -1.90. The highest BCUT2D eigenvalue weighted by molar-refractivity contribution is 5.74. The van der Waals surface area contributed by atoms with Crippen molar-refractivity contribution in [3.8, 4) is 0 Å². The van der Waals surface area contributed by atoms with Crippen molar-refractivity contribution in [2.45, 2.75) is 340 Å². The number of ether oxygens (including phenoxy) is 5. The van der Waals surface area contributed by atoms with Gasteiger partial charge in [-0.25, -0.2) is 4.79 Å². The SMILES string of the molecule is CCCC/C=C\CCCCCCCC(=O)OC1C(OCC(COC(=O)CCCCCCCCCCC/C=C\CCCCCCCC)OC(=O)CCCCCCCCCCCCCCCCC)OC(C(=O)O)C(O)C1O. The molecule has 0 aliphatic carbocycles. The molecule has 0 radical (unpaired) electrons. The van der Waals surface area contributed by atoms with Gasteiger partial charge in [-0.1, -0.05) is 244 Å². The Morgan fingerprint density at radius 2 is 0.773 bits per heavy atom. The first kappa shape index (κ1) is 70.2. The van der Waals surface area contributed by atoms with E-state index in [2.05, 4.69) is 45.1 Å². The molecule has 0 amide bonds. The Kier molecular flexibility index (Phi) is 48.6. The summed E-state index contributed by atoms with van der Waals surface area (Å²) in [6, 6.07) is 0. The summed E-state index contributed by atoms with van der Waals surface area (Å²) in [5.41, 5.74) is 0. The lowest BCUT2D eigenvalue weighted by Gasteiger charge is -2.40. The van der Waals surface area contributed by atoms with Gasteiger partial charge in [0.2, 0.25) is 0 Å². The molecule has 6 atom stereocenters. The molecule has 0 aromatic heterocycles. The van der Waals surface area contributed by atoms with Crippen LogP contribution in [0.3, 0.4) is 0 Å². The molecule has 1 rings (SSSR count). The Balaban J connectivity index is 2.64. The fraction of sp³-hybridized carbons (Fsp3) is 0.873. The first-order valence-electron chi connectivity index (χ1n) is 31.3. The Bertz CT molecular complexity index is 1400. The van der Waals surface area contributed by atoms with Gasteiger partial charge in [-0.3, -0.25) is 14.4 Å². The smallest absolute Gasteiger partial charge is 0.335 e. The molecule has 1 aliphatic heterocycles. The minimum absolute atomic E-state index is 0.0541. The number of aliphatic carboxylic acids is 1. The summed E-state index contributed by atoms with van der Waals surface area (Å²) < 4.78 is 28.5. The van der Waals surface area contributed by atoms with Gasteiger partial charge in [0.05, 0.1) is 6.61 Å². The zero-order valence-corrected chi connectivity index (χ0v) is 48.3. The van der Waals surface area contributed by atoms with Gasteiger partial charge in [-0.15, -0.1) is 0 Å². The van der Waals surface area contributed by atoms with Gasteiger partial charge < -0.3 is 39.0 Å². The second-order valence-corrected chi connectivity index (χ2v) is 21.7. The van der Waals surface area contributed by atoms with Gasteiger partial charge >= 0.3 is 23.9 Å². The van der Waals surface area contributed by atoms with E-state index in [1.54, 1.807) is 0 Å². The number of aliphatic hydroxyl groups excluding tert-OH is 2. The minimum Gasteiger partial charge on any atom is -0.479 e. The number of aliphatic hydroxyl groups is 2. The second kappa shape index (κ2) is 51.9. The van der Waals surface area contributed by atoms with Crippen LogP contribution in [0.1, 0.15) is 303 Å². The molecule has 1 saturated heterocycles. The molecule has 1 fully saturated rings. The van der Waals surface area contributed by atoms with Crippen molar-refractivity contribution in [3.63, 3.8) is 0 Å². The molecular formula is C63H114O12. The topological polar surface area (TPSA) is 175 Å². The number of carboxylic acid groups (broad SMARTS) is 1. The van der Waals surface area contributed by atoms with Crippen LogP contribution >= 0.6 is 0 Å². The third-order valence-corrected chi connectivity index (χ3v) is 14.5. The summed E-state index contributed by atoms with van der Waals surface area (Å²) in [5, 5.41) is 31.5. The highest BCUT2D eigenvalue weighted by Crippen LogP contribution is 2.27. The summed E-state index contributed by atoms with van der Waals surface area (Å²) in [4.78, 5) is 51.1. The summed E-state index contributed by atoms with van der Waals surface area (Å²) in [7, 11) is 0. The van der Waals surface area contributed by atoms with Gasteiger partial charge in [0, 0.05) is 19.3 Å². The number of esters is 3. The first-order valence-corrected chi connectivity index (χ1v) is 31.3. The van der Waals surface area contributed by atoms with Gasteiger partial charge in [0.1, 0.15) is 18.8 Å². The van der Waals surface area contributed by atoms with Gasteiger partial charge in [-0.05, 0) is 64.2 Å². The molecule has 6 unspecified atom stereocenters.